The van der Waals surface area contributed by atoms with Gasteiger partial charge in [-0.2, -0.15) is 0 Å². The zero-order valence-corrected chi connectivity index (χ0v) is 12.7. The summed E-state index contributed by atoms with van der Waals surface area (Å²) in [5.41, 5.74) is 1.56. The van der Waals surface area contributed by atoms with E-state index in [0.29, 0.717) is 18.7 Å². The van der Waals surface area contributed by atoms with Gasteiger partial charge in [0.05, 0.1) is 6.10 Å². The summed E-state index contributed by atoms with van der Waals surface area (Å²) in [5, 5.41) is 41.0. The Balaban J connectivity index is 1.70. The van der Waals surface area contributed by atoms with Crippen molar-refractivity contribution in [2.24, 2.45) is 0 Å². The van der Waals surface area contributed by atoms with Crippen molar-refractivity contribution in [3.05, 3.63) is 59.7 Å². The molecule has 0 aliphatic heterocycles. The third kappa shape index (κ3) is 5.32. The third-order valence-corrected chi connectivity index (χ3v) is 3.41. The van der Waals surface area contributed by atoms with Gasteiger partial charge in [0.15, 0.2) is 11.5 Å². The largest absolute Gasteiger partial charge is 0.508 e. The van der Waals surface area contributed by atoms with Crippen LogP contribution in [0.15, 0.2) is 48.5 Å². The number of hydrogen-bond acceptors (Lipinski definition) is 5. The van der Waals surface area contributed by atoms with Crippen LogP contribution >= 0.6 is 0 Å². The molecule has 0 saturated carbocycles. The molecule has 0 saturated heterocycles. The van der Waals surface area contributed by atoms with Crippen LogP contribution in [0.5, 0.6) is 17.2 Å². The summed E-state index contributed by atoms with van der Waals surface area (Å²) in [6, 6.07) is 11.2. The van der Waals surface area contributed by atoms with E-state index < -0.39 is 6.10 Å². The summed E-state index contributed by atoms with van der Waals surface area (Å²) in [7, 11) is 0. The predicted molar refractivity (Wildman–Crippen MR) is 89.4 cm³/mol. The fourth-order valence-electron chi connectivity index (χ4n) is 2.09. The highest BCUT2D eigenvalue weighted by molar-refractivity contribution is 5.50. The molecule has 1 atom stereocenters. The Bertz CT molecular complexity index is 653. The van der Waals surface area contributed by atoms with Gasteiger partial charge in [0.1, 0.15) is 5.75 Å². The number of rotatable bonds is 7. The lowest BCUT2D eigenvalue weighted by molar-refractivity contribution is 0.174. The van der Waals surface area contributed by atoms with Gasteiger partial charge >= 0.3 is 0 Å². The summed E-state index contributed by atoms with van der Waals surface area (Å²) >= 11 is 0. The zero-order valence-electron chi connectivity index (χ0n) is 12.7. The molecule has 0 amide bonds. The first-order valence-corrected chi connectivity index (χ1v) is 7.42. The molecule has 122 valence electrons. The van der Waals surface area contributed by atoms with Crippen molar-refractivity contribution in [2.75, 3.05) is 13.1 Å². The van der Waals surface area contributed by atoms with E-state index >= 15 is 0 Å². The second kappa shape index (κ2) is 8.22. The quantitative estimate of drug-likeness (QED) is 0.400. The van der Waals surface area contributed by atoms with E-state index in [1.165, 1.54) is 12.1 Å². The molecule has 0 heterocycles. The van der Waals surface area contributed by atoms with Crippen molar-refractivity contribution >= 4 is 6.08 Å². The fourth-order valence-corrected chi connectivity index (χ4v) is 2.09. The lowest BCUT2D eigenvalue weighted by atomic mass is 10.1. The molecule has 5 nitrogen and oxygen atoms in total. The predicted octanol–water partition coefficient (Wildman–Crippen LogP) is 2.53. The minimum absolute atomic E-state index is 0.201. The lowest BCUT2D eigenvalue weighted by Gasteiger charge is -2.12. The molecule has 5 N–H and O–H groups in total. The summed E-state index contributed by atoms with van der Waals surface area (Å²) in [6.07, 6.45) is 4.03. The van der Waals surface area contributed by atoms with Crippen LogP contribution in [0, 0.1) is 0 Å². The molecule has 2 rings (SSSR count). The van der Waals surface area contributed by atoms with Crippen LogP contribution in [0.1, 0.15) is 23.7 Å². The molecular formula is C18H21NO4. The van der Waals surface area contributed by atoms with Gasteiger partial charge in [-0.05, 0) is 48.4 Å². The van der Waals surface area contributed by atoms with Crippen LogP contribution < -0.4 is 5.32 Å². The molecule has 2 aromatic carbocycles. The molecular weight excluding hydrogens is 294 g/mol. The normalized spacial score (nSPS) is 12.6. The molecule has 23 heavy (non-hydrogen) atoms. The van der Waals surface area contributed by atoms with E-state index in [-0.39, 0.29) is 17.2 Å². The van der Waals surface area contributed by atoms with E-state index in [4.69, 9.17) is 0 Å². The number of aliphatic hydroxyl groups is 1. The Labute approximate surface area is 135 Å². The summed E-state index contributed by atoms with van der Waals surface area (Å²) in [4.78, 5) is 0. The van der Waals surface area contributed by atoms with Gasteiger partial charge in [-0.15, -0.1) is 0 Å². The van der Waals surface area contributed by atoms with Gasteiger partial charge in [0.2, 0.25) is 0 Å². The number of phenols is 3. The van der Waals surface area contributed by atoms with Crippen molar-refractivity contribution < 1.29 is 20.4 Å². The van der Waals surface area contributed by atoms with Crippen LogP contribution in [-0.4, -0.2) is 33.5 Å². The van der Waals surface area contributed by atoms with Gasteiger partial charge < -0.3 is 25.7 Å². The topological polar surface area (TPSA) is 93.0 Å². The summed E-state index contributed by atoms with van der Waals surface area (Å²) in [6.45, 7) is 1.06. The first-order chi connectivity index (χ1) is 11.1. The van der Waals surface area contributed by atoms with Crippen LogP contribution in [0.4, 0.5) is 0 Å². The Morgan fingerprint density at radius 3 is 2.39 bits per heavy atom. The van der Waals surface area contributed by atoms with Gasteiger partial charge in [-0.1, -0.05) is 30.4 Å². The van der Waals surface area contributed by atoms with E-state index in [1.54, 1.807) is 18.2 Å². The molecule has 0 bridgehead atoms. The first kappa shape index (κ1) is 16.9. The van der Waals surface area contributed by atoms with E-state index in [2.05, 4.69) is 5.32 Å². The molecule has 0 aromatic heterocycles. The zero-order chi connectivity index (χ0) is 16.7. The number of hydrogen-bond donors (Lipinski definition) is 5. The fraction of sp³-hybridized carbons (Fsp3) is 0.222. The average Bonchev–Trinajstić information content (AvgIpc) is 2.54. The van der Waals surface area contributed by atoms with Gasteiger partial charge in [0, 0.05) is 6.54 Å². The highest BCUT2D eigenvalue weighted by Gasteiger charge is 2.09. The molecule has 0 radical (unpaired) electrons. The van der Waals surface area contributed by atoms with Crippen LogP contribution in [0.25, 0.3) is 6.08 Å². The van der Waals surface area contributed by atoms with Crippen LogP contribution in [0.3, 0.4) is 0 Å². The second-order valence-electron chi connectivity index (χ2n) is 5.25. The average molecular weight is 315 g/mol. The first-order valence-electron chi connectivity index (χ1n) is 7.42. The third-order valence-electron chi connectivity index (χ3n) is 3.41. The number of nitrogens with one attached hydrogen (secondary N) is 1. The maximum absolute atomic E-state index is 10.00. The standard InChI is InChI=1S/C18H21NO4/c20-15-7-4-13(5-8-15)3-1-2-10-19-12-18(23)14-6-9-16(21)17(22)11-14/h1,3-9,11,18-23H,2,10,12H2/b3-1+. The van der Waals surface area contributed by atoms with Gasteiger partial charge in [0.25, 0.3) is 0 Å². The molecule has 0 aliphatic carbocycles. The Kier molecular flexibility index (Phi) is 6.02. The van der Waals surface area contributed by atoms with E-state index in [1.807, 2.05) is 24.3 Å². The Morgan fingerprint density at radius 2 is 1.70 bits per heavy atom. The molecule has 0 aliphatic rings. The van der Waals surface area contributed by atoms with Crippen molar-refractivity contribution in [3.8, 4) is 17.2 Å². The number of benzene rings is 2. The van der Waals surface area contributed by atoms with Crippen molar-refractivity contribution in [3.63, 3.8) is 0 Å². The number of aromatic hydroxyl groups is 3. The van der Waals surface area contributed by atoms with Crippen molar-refractivity contribution in [1.82, 2.24) is 5.32 Å². The van der Waals surface area contributed by atoms with E-state index in [0.717, 1.165) is 12.0 Å². The SMILES string of the molecule is Oc1ccc(/C=C/CCNCC(O)c2ccc(O)c(O)c2)cc1. The van der Waals surface area contributed by atoms with Crippen molar-refractivity contribution in [2.45, 2.75) is 12.5 Å². The molecule has 0 spiro atoms. The maximum Gasteiger partial charge on any atom is 0.157 e. The Morgan fingerprint density at radius 1 is 0.957 bits per heavy atom. The van der Waals surface area contributed by atoms with Crippen LogP contribution in [-0.2, 0) is 0 Å². The smallest absolute Gasteiger partial charge is 0.157 e. The summed E-state index contributed by atoms with van der Waals surface area (Å²) < 4.78 is 0. The molecule has 1 unspecified atom stereocenters. The summed E-state index contributed by atoms with van der Waals surface area (Å²) in [5.74, 6) is -0.190. The molecule has 5 heteroatoms. The molecule has 2 aromatic rings. The van der Waals surface area contributed by atoms with Crippen LogP contribution in [0.2, 0.25) is 0 Å². The maximum atomic E-state index is 10.00. The van der Waals surface area contributed by atoms with E-state index in [9.17, 15) is 20.4 Å². The number of aliphatic hydroxyl groups excluding tert-OH is 1. The second-order valence-corrected chi connectivity index (χ2v) is 5.25. The van der Waals surface area contributed by atoms with Gasteiger partial charge in [-0.25, -0.2) is 0 Å². The monoisotopic (exact) mass is 315 g/mol. The number of phenolic OH excluding ortho intramolecular Hbond substituents is 3. The molecule has 0 fully saturated rings. The van der Waals surface area contributed by atoms with Gasteiger partial charge in [-0.3, -0.25) is 0 Å². The lowest BCUT2D eigenvalue weighted by Crippen LogP contribution is -2.22. The minimum Gasteiger partial charge on any atom is -0.508 e. The van der Waals surface area contributed by atoms with Crippen molar-refractivity contribution in [1.29, 1.82) is 0 Å². The highest BCUT2D eigenvalue weighted by atomic mass is 16.3. The highest BCUT2D eigenvalue weighted by Crippen LogP contribution is 2.27. The minimum atomic E-state index is -0.748. The Hall–Kier alpha value is -2.50.